The minimum Gasteiger partial charge on any atom is -0.483 e. The summed E-state index contributed by atoms with van der Waals surface area (Å²) in [5.41, 5.74) is 1.68. The Morgan fingerprint density at radius 3 is 2.38 bits per heavy atom. The number of esters is 1. The monoisotopic (exact) mass is 327 g/mol. The van der Waals surface area contributed by atoms with E-state index in [-0.39, 0.29) is 12.5 Å². The molecule has 0 aliphatic carbocycles. The molecule has 0 saturated heterocycles. The van der Waals surface area contributed by atoms with Crippen molar-refractivity contribution in [1.82, 2.24) is 5.32 Å². The molecule has 5 nitrogen and oxygen atoms in total. The third kappa shape index (κ3) is 4.59. The Balaban J connectivity index is 2.02. The molecule has 5 heteroatoms. The molecular weight excluding hydrogens is 306 g/mol. The van der Waals surface area contributed by atoms with Crippen LogP contribution in [0, 0.1) is 0 Å². The van der Waals surface area contributed by atoms with Gasteiger partial charge in [-0.15, -0.1) is 0 Å². The Labute approximate surface area is 141 Å². The first kappa shape index (κ1) is 17.5. The maximum absolute atomic E-state index is 12.2. The molecule has 1 unspecified atom stereocenters. The van der Waals surface area contributed by atoms with Crippen LogP contribution in [0.15, 0.2) is 54.6 Å². The molecule has 0 bridgehead atoms. The van der Waals surface area contributed by atoms with E-state index >= 15 is 0 Å². The number of carbonyl (C=O) groups excluding carboxylic acids is 2. The van der Waals surface area contributed by atoms with Crippen molar-refractivity contribution in [2.24, 2.45) is 0 Å². The Bertz CT molecular complexity index is 685. The Kier molecular flexibility index (Phi) is 6.37. The summed E-state index contributed by atoms with van der Waals surface area (Å²) in [5, 5.41) is 2.65. The number of hydrogen-bond donors (Lipinski definition) is 1. The zero-order valence-electron chi connectivity index (χ0n) is 13.8. The average Bonchev–Trinajstić information content (AvgIpc) is 2.64. The summed E-state index contributed by atoms with van der Waals surface area (Å²) < 4.78 is 10.3. The third-order valence-electron chi connectivity index (χ3n) is 3.59. The van der Waals surface area contributed by atoms with Gasteiger partial charge in [-0.05, 0) is 23.6 Å². The van der Waals surface area contributed by atoms with E-state index in [1.165, 1.54) is 7.11 Å². The van der Waals surface area contributed by atoms with Crippen LogP contribution in [-0.2, 0) is 20.7 Å². The van der Waals surface area contributed by atoms with Gasteiger partial charge < -0.3 is 14.8 Å². The summed E-state index contributed by atoms with van der Waals surface area (Å²) in [6, 6.07) is 15.7. The van der Waals surface area contributed by atoms with E-state index in [1.54, 1.807) is 24.3 Å². The summed E-state index contributed by atoms with van der Waals surface area (Å²) in [4.78, 5) is 24.1. The van der Waals surface area contributed by atoms with Crippen LogP contribution in [0.25, 0.3) is 0 Å². The molecule has 0 spiro atoms. The van der Waals surface area contributed by atoms with Gasteiger partial charge in [0.2, 0.25) is 0 Å². The SMILES string of the molecule is CCc1ccccc1OCC(=O)NC(C(=O)OC)c1ccccc1. The number of methoxy groups -OCH3 is 1. The highest BCUT2D eigenvalue weighted by molar-refractivity contribution is 5.86. The lowest BCUT2D eigenvalue weighted by Crippen LogP contribution is -2.37. The van der Waals surface area contributed by atoms with E-state index in [1.807, 2.05) is 37.3 Å². The van der Waals surface area contributed by atoms with Crippen LogP contribution >= 0.6 is 0 Å². The van der Waals surface area contributed by atoms with Crippen molar-refractivity contribution < 1.29 is 19.1 Å². The molecule has 1 N–H and O–H groups in total. The molecule has 2 aromatic rings. The molecule has 0 fully saturated rings. The first-order chi connectivity index (χ1) is 11.7. The van der Waals surface area contributed by atoms with Gasteiger partial charge in [-0.25, -0.2) is 4.79 Å². The standard InChI is InChI=1S/C19H21NO4/c1-3-14-9-7-8-12-16(14)24-13-17(21)20-18(19(22)23-2)15-10-5-4-6-11-15/h4-12,18H,3,13H2,1-2H3,(H,20,21). The average molecular weight is 327 g/mol. The lowest BCUT2D eigenvalue weighted by atomic mass is 10.1. The molecule has 1 amide bonds. The Morgan fingerprint density at radius 2 is 1.71 bits per heavy atom. The van der Waals surface area contributed by atoms with Crippen LogP contribution in [0.4, 0.5) is 0 Å². The highest BCUT2D eigenvalue weighted by Gasteiger charge is 2.23. The van der Waals surface area contributed by atoms with Crippen LogP contribution in [0.5, 0.6) is 5.75 Å². The maximum atomic E-state index is 12.2. The number of nitrogens with one attached hydrogen (secondary N) is 1. The number of carbonyl (C=O) groups is 2. The van der Waals surface area contributed by atoms with Gasteiger partial charge in [-0.3, -0.25) is 4.79 Å². The number of amides is 1. The van der Waals surface area contributed by atoms with Crippen molar-refractivity contribution in [2.45, 2.75) is 19.4 Å². The molecule has 0 heterocycles. The predicted octanol–water partition coefficient (Wildman–Crippen LogP) is 2.66. The highest BCUT2D eigenvalue weighted by atomic mass is 16.5. The predicted molar refractivity (Wildman–Crippen MR) is 90.7 cm³/mol. The van der Waals surface area contributed by atoms with Gasteiger partial charge in [0.25, 0.3) is 5.91 Å². The summed E-state index contributed by atoms with van der Waals surface area (Å²) >= 11 is 0. The number of aryl methyl sites for hydroxylation is 1. The molecule has 0 aliphatic rings. The van der Waals surface area contributed by atoms with Gasteiger partial charge in [-0.2, -0.15) is 0 Å². The number of ether oxygens (including phenoxy) is 2. The van der Waals surface area contributed by atoms with E-state index in [0.29, 0.717) is 11.3 Å². The van der Waals surface area contributed by atoms with Gasteiger partial charge in [0.1, 0.15) is 5.75 Å². The smallest absolute Gasteiger partial charge is 0.333 e. The second-order valence-corrected chi connectivity index (χ2v) is 5.18. The molecule has 24 heavy (non-hydrogen) atoms. The number of para-hydroxylation sites is 1. The summed E-state index contributed by atoms with van der Waals surface area (Å²) in [7, 11) is 1.29. The van der Waals surface area contributed by atoms with E-state index in [9.17, 15) is 9.59 Å². The second kappa shape index (κ2) is 8.72. The summed E-state index contributed by atoms with van der Waals surface area (Å²) in [6.45, 7) is 1.85. The van der Waals surface area contributed by atoms with Crippen molar-refractivity contribution in [3.63, 3.8) is 0 Å². The first-order valence-electron chi connectivity index (χ1n) is 7.78. The van der Waals surface area contributed by atoms with Gasteiger partial charge >= 0.3 is 5.97 Å². The largest absolute Gasteiger partial charge is 0.483 e. The molecule has 0 aromatic heterocycles. The van der Waals surface area contributed by atoms with Gasteiger partial charge in [-0.1, -0.05) is 55.5 Å². The first-order valence-corrected chi connectivity index (χ1v) is 7.78. The van der Waals surface area contributed by atoms with Crippen LogP contribution in [-0.4, -0.2) is 25.6 Å². The second-order valence-electron chi connectivity index (χ2n) is 5.18. The molecule has 0 radical (unpaired) electrons. The minimum atomic E-state index is -0.853. The van der Waals surface area contributed by atoms with Crippen LogP contribution in [0.2, 0.25) is 0 Å². The van der Waals surface area contributed by atoms with Crippen LogP contribution in [0.1, 0.15) is 24.1 Å². The Morgan fingerprint density at radius 1 is 1.04 bits per heavy atom. The quantitative estimate of drug-likeness (QED) is 0.794. The van der Waals surface area contributed by atoms with Crippen molar-refractivity contribution in [1.29, 1.82) is 0 Å². The van der Waals surface area contributed by atoms with E-state index in [2.05, 4.69) is 5.32 Å². The fraction of sp³-hybridized carbons (Fsp3) is 0.263. The zero-order valence-corrected chi connectivity index (χ0v) is 13.8. The fourth-order valence-electron chi connectivity index (χ4n) is 2.32. The summed E-state index contributed by atoms with van der Waals surface area (Å²) in [6.07, 6.45) is 0.812. The van der Waals surface area contributed by atoms with Gasteiger partial charge in [0, 0.05) is 0 Å². The fourth-order valence-corrected chi connectivity index (χ4v) is 2.32. The normalized spacial score (nSPS) is 11.4. The molecule has 2 aromatic carbocycles. The van der Waals surface area contributed by atoms with Crippen molar-refractivity contribution in [3.05, 3.63) is 65.7 Å². The van der Waals surface area contributed by atoms with Crippen molar-refractivity contribution in [2.75, 3.05) is 13.7 Å². The molecule has 0 aliphatic heterocycles. The number of benzene rings is 2. The van der Waals surface area contributed by atoms with Crippen molar-refractivity contribution >= 4 is 11.9 Å². The van der Waals surface area contributed by atoms with Gasteiger partial charge in [0.15, 0.2) is 12.6 Å². The molecular formula is C19H21NO4. The zero-order chi connectivity index (χ0) is 17.4. The van der Waals surface area contributed by atoms with Gasteiger partial charge in [0.05, 0.1) is 7.11 Å². The maximum Gasteiger partial charge on any atom is 0.333 e. The van der Waals surface area contributed by atoms with Crippen LogP contribution < -0.4 is 10.1 Å². The number of rotatable bonds is 7. The van der Waals surface area contributed by atoms with Crippen molar-refractivity contribution in [3.8, 4) is 5.75 Å². The lowest BCUT2D eigenvalue weighted by Gasteiger charge is -2.17. The number of hydrogen-bond acceptors (Lipinski definition) is 4. The lowest BCUT2D eigenvalue weighted by molar-refractivity contribution is -0.145. The van der Waals surface area contributed by atoms with E-state index < -0.39 is 12.0 Å². The summed E-state index contributed by atoms with van der Waals surface area (Å²) in [5.74, 6) is -0.242. The molecule has 2 rings (SSSR count). The van der Waals surface area contributed by atoms with Crippen LogP contribution in [0.3, 0.4) is 0 Å². The topological polar surface area (TPSA) is 64.6 Å². The molecule has 126 valence electrons. The minimum absolute atomic E-state index is 0.169. The van der Waals surface area contributed by atoms with E-state index in [0.717, 1.165) is 12.0 Å². The molecule has 0 saturated carbocycles. The highest BCUT2D eigenvalue weighted by Crippen LogP contribution is 2.18. The van der Waals surface area contributed by atoms with E-state index in [4.69, 9.17) is 9.47 Å². The molecule has 1 atom stereocenters. The third-order valence-corrected chi connectivity index (χ3v) is 3.59. The Hall–Kier alpha value is -2.82.